The number of ether oxygens (including phenoxy) is 2. The van der Waals surface area contributed by atoms with Gasteiger partial charge in [-0.2, -0.15) is 0 Å². The monoisotopic (exact) mass is 387 g/mol. The van der Waals surface area contributed by atoms with Crippen molar-refractivity contribution in [2.24, 2.45) is 0 Å². The smallest absolute Gasteiger partial charge is 0.318 e. The Kier molecular flexibility index (Phi) is 6.40. The molecule has 1 saturated heterocycles. The second kappa shape index (κ2) is 8.77. The van der Waals surface area contributed by atoms with Crippen LogP contribution >= 0.6 is 12.4 Å². The van der Waals surface area contributed by atoms with E-state index in [-0.39, 0.29) is 24.5 Å². The van der Waals surface area contributed by atoms with Crippen molar-refractivity contribution < 1.29 is 14.3 Å². The zero-order chi connectivity index (χ0) is 17.9. The van der Waals surface area contributed by atoms with E-state index in [0.717, 1.165) is 48.7 Å². The summed E-state index contributed by atoms with van der Waals surface area (Å²) in [6, 6.07) is 15.5. The molecule has 1 fully saturated rings. The molecular formula is C22H26ClNO3. The van der Waals surface area contributed by atoms with Crippen LogP contribution in [0.2, 0.25) is 0 Å². The molecule has 0 N–H and O–H groups in total. The number of halogens is 1. The number of rotatable bonds is 5. The minimum atomic E-state index is -0.416. The van der Waals surface area contributed by atoms with Gasteiger partial charge in [0.2, 0.25) is 0 Å². The molecule has 0 bridgehead atoms. The largest absolute Gasteiger partial charge is 0.460 e. The highest BCUT2D eigenvalue weighted by atomic mass is 35.5. The molecule has 0 saturated carbocycles. The van der Waals surface area contributed by atoms with E-state index in [1.54, 1.807) is 0 Å². The zero-order valence-electron chi connectivity index (χ0n) is 15.6. The van der Waals surface area contributed by atoms with Gasteiger partial charge in [0.25, 0.3) is 0 Å². The molecule has 0 spiro atoms. The van der Waals surface area contributed by atoms with Crippen LogP contribution in [0.4, 0.5) is 0 Å². The maximum atomic E-state index is 13.1. The lowest BCUT2D eigenvalue weighted by Gasteiger charge is -2.27. The van der Waals surface area contributed by atoms with Crippen molar-refractivity contribution in [1.82, 2.24) is 4.90 Å². The highest BCUT2D eigenvalue weighted by molar-refractivity contribution is 5.86. The molecule has 2 heterocycles. The number of hydrogen-bond donors (Lipinski definition) is 0. The van der Waals surface area contributed by atoms with E-state index in [0.29, 0.717) is 0 Å². The number of para-hydroxylation sites is 2. The average Bonchev–Trinajstić information content (AvgIpc) is 3.11. The number of fused-ring (bicyclic) bond motifs is 2. The summed E-state index contributed by atoms with van der Waals surface area (Å²) in [7, 11) is 0. The van der Waals surface area contributed by atoms with Gasteiger partial charge in [-0.15, -0.1) is 12.4 Å². The maximum Gasteiger partial charge on any atom is 0.318 e. The number of esters is 1. The van der Waals surface area contributed by atoms with Gasteiger partial charge >= 0.3 is 5.97 Å². The molecule has 0 aromatic heterocycles. The summed E-state index contributed by atoms with van der Waals surface area (Å²) in [6.45, 7) is 5.15. The highest BCUT2D eigenvalue weighted by Gasteiger charge is 2.36. The lowest BCUT2D eigenvalue weighted by molar-refractivity contribution is -0.149. The fourth-order valence-corrected chi connectivity index (χ4v) is 3.87. The predicted octanol–water partition coefficient (Wildman–Crippen LogP) is 4.76. The van der Waals surface area contributed by atoms with E-state index < -0.39 is 5.92 Å². The fraction of sp³-hybridized carbons (Fsp3) is 0.409. The van der Waals surface area contributed by atoms with E-state index in [2.05, 4.69) is 11.8 Å². The summed E-state index contributed by atoms with van der Waals surface area (Å²) in [5.74, 6) is 0.893. The minimum Gasteiger partial charge on any atom is -0.460 e. The van der Waals surface area contributed by atoms with E-state index in [9.17, 15) is 4.79 Å². The van der Waals surface area contributed by atoms with Crippen LogP contribution < -0.4 is 4.74 Å². The van der Waals surface area contributed by atoms with Crippen LogP contribution in [-0.2, 0) is 9.53 Å². The Hall–Kier alpha value is -2.04. The molecule has 1 atom stereocenters. The van der Waals surface area contributed by atoms with Crippen molar-refractivity contribution >= 4 is 18.4 Å². The number of hydrogen-bond acceptors (Lipinski definition) is 4. The first-order valence-electron chi connectivity index (χ1n) is 9.55. The van der Waals surface area contributed by atoms with Gasteiger partial charge in [-0.25, -0.2) is 0 Å². The van der Waals surface area contributed by atoms with Crippen LogP contribution in [0.25, 0.3) is 0 Å². The molecule has 0 amide bonds. The topological polar surface area (TPSA) is 38.8 Å². The lowest BCUT2D eigenvalue weighted by atomic mass is 9.88. The minimum absolute atomic E-state index is 0. The van der Waals surface area contributed by atoms with Crippen LogP contribution in [0.5, 0.6) is 11.5 Å². The summed E-state index contributed by atoms with van der Waals surface area (Å²) in [6.07, 6.45) is 3.29. The first-order valence-corrected chi connectivity index (χ1v) is 9.55. The van der Waals surface area contributed by atoms with Gasteiger partial charge in [-0.3, -0.25) is 9.69 Å². The normalized spacial score (nSPS) is 18.8. The molecule has 1 unspecified atom stereocenters. The molecule has 0 aliphatic carbocycles. The maximum absolute atomic E-state index is 13.1. The number of benzene rings is 2. The Labute approximate surface area is 166 Å². The first kappa shape index (κ1) is 19.7. The number of nitrogens with zero attached hydrogens (tertiary/aromatic N) is 1. The SMILES string of the molecule is CCCCN1CCC(OC(=O)C2c3ccccc3Oc3ccccc32)C1.Cl. The van der Waals surface area contributed by atoms with E-state index in [4.69, 9.17) is 9.47 Å². The van der Waals surface area contributed by atoms with Crippen LogP contribution in [0.1, 0.15) is 43.2 Å². The summed E-state index contributed by atoms with van der Waals surface area (Å²) < 4.78 is 11.9. The fourth-order valence-electron chi connectivity index (χ4n) is 3.87. The highest BCUT2D eigenvalue weighted by Crippen LogP contribution is 2.44. The van der Waals surface area contributed by atoms with Crippen LogP contribution in [0.15, 0.2) is 48.5 Å². The number of likely N-dealkylation sites (tertiary alicyclic amines) is 1. The Morgan fingerprint density at radius 2 is 1.74 bits per heavy atom. The number of carbonyl (C=O) groups is 1. The summed E-state index contributed by atoms with van der Waals surface area (Å²) in [5, 5.41) is 0. The second-order valence-electron chi connectivity index (χ2n) is 7.11. The molecule has 2 aromatic rings. The standard InChI is InChI=1S/C22H25NO3.ClH/c1-2-3-13-23-14-12-16(15-23)25-22(24)21-17-8-4-6-10-19(17)26-20-11-7-5-9-18(20)21;/h4-11,16,21H,2-3,12-15H2,1H3;1H. The van der Waals surface area contributed by atoms with Gasteiger partial charge in [-0.05, 0) is 31.5 Å². The van der Waals surface area contributed by atoms with E-state index >= 15 is 0 Å². The Bertz CT molecular complexity index is 749. The van der Waals surface area contributed by atoms with Crippen LogP contribution in [-0.4, -0.2) is 36.6 Å². The molecule has 5 heteroatoms. The summed E-state index contributed by atoms with van der Waals surface area (Å²) in [5.41, 5.74) is 1.77. The van der Waals surface area contributed by atoms with Gasteiger partial charge in [-0.1, -0.05) is 49.7 Å². The van der Waals surface area contributed by atoms with Crippen LogP contribution in [0, 0.1) is 0 Å². The summed E-state index contributed by atoms with van der Waals surface area (Å²) in [4.78, 5) is 15.5. The van der Waals surface area contributed by atoms with E-state index in [1.807, 2.05) is 48.5 Å². The third-order valence-electron chi connectivity index (χ3n) is 5.26. The van der Waals surface area contributed by atoms with Gasteiger partial charge < -0.3 is 9.47 Å². The van der Waals surface area contributed by atoms with Gasteiger partial charge in [0.05, 0.1) is 0 Å². The second-order valence-corrected chi connectivity index (χ2v) is 7.11. The first-order chi connectivity index (χ1) is 12.8. The number of unbranched alkanes of at least 4 members (excludes halogenated alkanes) is 1. The summed E-state index contributed by atoms with van der Waals surface area (Å²) >= 11 is 0. The molecule has 2 aliphatic rings. The average molecular weight is 388 g/mol. The quantitative estimate of drug-likeness (QED) is 0.693. The lowest BCUT2D eigenvalue weighted by Crippen LogP contribution is -2.29. The van der Waals surface area contributed by atoms with Crippen molar-refractivity contribution in [1.29, 1.82) is 0 Å². The Balaban J connectivity index is 0.00000210. The number of carbonyl (C=O) groups excluding carboxylic acids is 1. The van der Waals surface area contributed by atoms with Crippen molar-refractivity contribution in [3.8, 4) is 11.5 Å². The van der Waals surface area contributed by atoms with Crippen LogP contribution in [0.3, 0.4) is 0 Å². The predicted molar refractivity (Wildman–Crippen MR) is 108 cm³/mol. The van der Waals surface area contributed by atoms with Gasteiger partial charge in [0.1, 0.15) is 23.5 Å². The van der Waals surface area contributed by atoms with Gasteiger partial charge in [0, 0.05) is 24.2 Å². The Morgan fingerprint density at radius 3 is 2.37 bits per heavy atom. The third kappa shape index (κ3) is 4.12. The molecular weight excluding hydrogens is 362 g/mol. The molecule has 0 radical (unpaired) electrons. The van der Waals surface area contributed by atoms with E-state index in [1.165, 1.54) is 12.8 Å². The third-order valence-corrected chi connectivity index (χ3v) is 5.26. The molecule has 4 rings (SSSR count). The van der Waals surface area contributed by atoms with Crippen molar-refractivity contribution in [3.63, 3.8) is 0 Å². The molecule has 2 aliphatic heterocycles. The molecule has 27 heavy (non-hydrogen) atoms. The molecule has 144 valence electrons. The zero-order valence-corrected chi connectivity index (χ0v) is 16.4. The molecule has 2 aromatic carbocycles. The Morgan fingerprint density at radius 1 is 1.11 bits per heavy atom. The van der Waals surface area contributed by atoms with Crippen molar-refractivity contribution in [2.45, 2.75) is 38.2 Å². The van der Waals surface area contributed by atoms with Gasteiger partial charge in [0.15, 0.2) is 0 Å². The molecule has 4 nitrogen and oxygen atoms in total. The van der Waals surface area contributed by atoms with Crippen molar-refractivity contribution in [3.05, 3.63) is 59.7 Å². The van der Waals surface area contributed by atoms with Crippen molar-refractivity contribution in [2.75, 3.05) is 19.6 Å².